The first-order valence-corrected chi connectivity index (χ1v) is 9.23. The number of rotatable bonds is 5. The summed E-state index contributed by atoms with van der Waals surface area (Å²) in [4.78, 5) is 17.0. The molecule has 2 aliphatic rings. The second-order valence-corrected chi connectivity index (χ2v) is 7.04. The standard InChI is InChI=1S/C19H28FN3O2/c1-15-14-25-13-12-23(15)18-6-9-22(10-7-18)11-8-19(24)21-17-4-2-16(20)3-5-17/h2-5,15,18H,6-14H2,1H3,(H,21,24). The van der Waals surface area contributed by atoms with Crippen LogP contribution in [0, 0.1) is 5.82 Å². The van der Waals surface area contributed by atoms with E-state index < -0.39 is 0 Å². The van der Waals surface area contributed by atoms with Gasteiger partial charge in [-0.2, -0.15) is 0 Å². The highest BCUT2D eigenvalue weighted by Crippen LogP contribution is 2.21. The normalized spacial score (nSPS) is 23.5. The van der Waals surface area contributed by atoms with Crippen molar-refractivity contribution < 1.29 is 13.9 Å². The third-order valence-corrected chi connectivity index (χ3v) is 5.23. The SMILES string of the molecule is CC1COCCN1C1CCN(CCC(=O)Nc2ccc(F)cc2)CC1. The molecule has 0 spiro atoms. The minimum absolute atomic E-state index is 0.0180. The summed E-state index contributed by atoms with van der Waals surface area (Å²) in [6, 6.07) is 7.03. The van der Waals surface area contributed by atoms with Gasteiger partial charge in [0.1, 0.15) is 5.82 Å². The summed E-state index contributed by atoms with van der Waals surface area (Å²) < 4.78 is 18.4. The Labute approximate surface area is 149 Å². The van der Waals surface area contributed by atoms with Gasteiger partial charge >= 0.3 is 0 Å². The number of likely N-dealkylation sites (tertiary alicyclic amines) is 1. The molecule has 2 fully saturated rings. The lowest BCUT2D eigenvalue weighted by atomic mass is 10.0. The molecular formula is C19H28FN3O2. The molecule has 1 unspecified atom stereocenters. The first-order valence-electron chi connectivity index (χ1n) is 9.23. The Morgan fingerprint density at radius 1 is 1.24 bits per heavy atom. The maximum Gasteiger partial charge on any atom is 0.225 e. The molecule has 0 aliphatic carbocycles. The number of nitrogens with zero attached hydrogens (tertiary/aromatic N) is 2. The monoisotopic (exact) mass is 349 g/mol. The van der Waals surface area contributed by atoms with E-state index in [1.807, 2.05) is 0 Å². The molecule has 0 aromatic heterocycles. The molecule has 0 bridgehead atoms. The average molecular weight is 349 g/mol. The van der Waals surface area contributed by atoms with Crippen molar-refractivity contribution in [1.82, 2.24) is 9.80 Å². The first kappa shape index (κ1) is 18.3. The van der Waals surface area contributed by atoms with E-state index in [0.29, 0.717) is 24.2 Å². The topological polar surface area (TPSA) is 44.8 Å². The highest BCUT2D eigenvalue weighted by Gasteiger charge is 2.29. The number of morpholine rings is 1. The lowest BCUT2D eigenvalue weighted by Crippen LogP contribution is -2.53. The Morgan fingerprint density at radius 2 is 1.96 bits per heavy atom. The Hall–Kier alpha value is -1.50. The fraction of sp³-hybridized carbons (Fsp3) is 0.632. The Morgan fingerprint density at radius 3 is 2.64 bits per heavy atom. The van der Waals surface area contributed by atoms with Gasteiger partial charge in [-0.25, -0.2) is 4.39 Å². The second-order valence-electron chi connectivity index (χ2n) is 7.04. The Kier molecular flexibility index (Phi) is 6.39. The van der Waals surface area contributed by atoms with Crippen molar-refractivity contribution >= 4 is 11.6 Å². The maximum absolute atomic E-state index is 12.9. The zero-order valence-electron chi connectivity index (χ0n) is 14.9. The van der Waals surface area contributed by atoms with Crippen molar-refractivity contribution in [3.63, 3.8) is 0 Å². The summed E-state index contributed by atoms with van der Waals surface area (Å²) in [6.07, 6.45) is 2.78. The van der Waals surface area contributed by atoms with E-state index in [2.05, 4.69) is 22.0 Å². The maximum atomic E-state index is 12.9. The molecular weight excluding hydrogens is 321 g/mol. The average Bonchev–Trinajstić information content (AvgIpc) is 2.63. The van der Waals surface area contributed by atoms with Gasteiger partial charge in [0.25, 0.3) is 0 Å². The van der Waals surface area contributed by atoms with Crippen molar-refractivity contribution in [3.8, 4) is 0 Å². The lowest BCUT2D eigenvalue weighted by molar-refractivity contribution is -0.116. The van der Waals surface area contributed by atoms with E-state index in [1.165, 1.54) is 12.1 Å². The Balaban J connectivity index is 1.37. The molecule has 2 saturated heterocycles. The second kappa shape index (κ2) is 8.74. The minimum atomic E-state index is -0.296. The van der Waals surface area contributed by atoms with Gasteiger partial charge in [-0.3, -0.25) is 9.69 Å². The van der Waals surface area contributed by atoms with Gasteiger partial charge in [-0.05, 0) is 57.1 Å². The molecule has 1 N–H and O–H groups in total. The summed E-state index contributed by atoms with van der Waals surface area (Å²) in [7, 11) is 0. The summed E-state index contributed by atoms with van der Waals surface area (Å²) in [5.41, 5.74) is 0.645. The molecule has 3 rings (SSSR count). The Bertz CT molecular complexity index is 558. The van der Waals surface area contributed by atoms with Gasteiger partial charge in [0, 0.05) is 37.3 Å². The number of anilines is 1. The zero-order valence-corrected chi connectivity index (χ0v) is 14.9. The predicted molar refractivity (Wildman–Crippen MR) is 96.1 cm³/mol. The first-order chi connectivity index (χ1) is 12.1. The van der Waals surface area contributed by atoms with E-state index in [9.17, 15) is 9.18 Å². The van der Waals surface area contributed by atoms with Crippen molar-refractivity contribution in [1.29, 1.82) is 0 Å². The number of halogens is 1. The summed E-state index contributed by atoms with van der Waals surface area (Å²) in [5.74, 6) is -0.314. The van der Waals surface area contributed by atoms with Crippen LogP contribution in [0.25, 0.3) is 0 Å². The number of carbonyl (C=O) groups is 1. The molecule has 2 heterocycles. The van der Waals surface area contributed by atoms with Crippen molar-refractivity contribution in [2.24, 2.45) is 0 Å². The highest BCUT2D eigenvalue weighted by atomic mass is 19.1. The summed E-state index contributed by atoms with van der Waals surface area (Å²) in [6.45, 7) is 7.81. The smallest absolute Gasteiger partial charge is 0.225 e. The minimum Gasteiger partial charge on any atom is -0.379 e. The van der Waals surface area contributed by atoms with Crippen molar-refractivity contribution in [3.05, 3.63) is 30.1 Å². The molecule has 0 saturated carbocycles. The van der Waals surface area contributed by atoms with E-state index >= 15 is 0 Å². The predicted octanol–water partition coefficient (Wildman–Crippen LogP) is 2.34. The number of nitrogens with one attached hydrogen (secondary N) is 1. The molecule has 5 nitrogen and oxygen atoms in total. The fourth-order valence-electron chi connectivity index (χ4n) is 3.77. The van der Waals surface area contributed by atoms with Crippen LogP contribution in [0.1, 0.15) is 26.2 Å². The largest absolute Gasteiger partial charge is 0.379 e. The third-order valence-electron chi connectivity index (χ3n) is 5.23. The molecule has 138 valence electrons. The molecule has 1 amide bonds. The van der Waals surface area contributed by atoms with Crippen molar-refractivity contribution in [2.75, 3.05) is 44.7 Å². The van der Waals surface area contributed by atoms with Crippen LogP contribution in [-0.2, 0) is 9.53 Å². The van der Waals surface area contributed by atoms with Crippen LogP contribution in [0.15, 0.2) is 24.3 Å². The van der Waals surface area contributed by atoms with Crippen LogP contribution in [-0.4, -0.2) is 67.2 Å². The molecule has 6 heteroatoms. The number of carbonyl (C=O) groups excluding carboxylic acids is 1. The molecule has 1 aromatic carbocycles. The summed E-state index contributed by atoms with van der Waals surface area (Å²) >= 11 is 0. The van der Waals surface area contributed by atoms with Crippen LogP contribution < -0.4 is 5.32 Å². The quantitative estimate of drug-likeness (QED) is 0.886. The van der Waals surface area contributed by atoms with Gasteiger partial charge in [0.2, 0.25) is 5.91 Å². The van der Waals surface area contributed by atoms with Gasteiger partial charge in [-0.15, -0.1) is 0 Å². The molecule has 0 radical (unpaired) electrons. The molecule has 1 aromatic rings. The van der Waals surface area contributed by atoms with E-state index in [0.717, 1.165) is 52.2 Å². The number of ether oxygens (including phenoxy) is 1. The van der Waals surface area contributed by atoms with Crippen LogP contribution in [0.5, 0.6) is 0 Å². The van der Waals surface area contributed by atoms with Gasteiger partial charge < -0.3 is 15.0 Å². The van der Waals surface area contributed by atoms with Crippen LogP contribution in [0.3, 0.4) is 0 Å². The van der Waals surface area contributed by atoms with E-state index in [4.69, 9.17) is 4.74 Å². The van der Waals surface area contributed by atoms with Crippen LogP contribution in [0.2, 0.25) is 0 Å². The van der Waals surface area contributed by atoms with E-state index in [-0.39, 0.29) is 11.7 Å². The number of hydrogen-bond acceptors (Lipinski definition) is 4. The third kappa shape index (κ3) is 5.23. The number of amides is 1. The number of benzene rings is 1. The zero-order chi connectivity index (χ0) is 17.6. The number of piperidine rings is 1. The molecule has 25 heavy (non-hydrogen) atoms. The summed E-state index contributed by atoms with van der Waals surface area (Å²) in [5, 5.41) is 2.82. The van der Waals surface area contributed by atoms with Gasteiger partial charge in [0.15, 0.2) is 0 Å². The van der Waals surface area contributed by atoms with Crippen molar-refractivity contribution in [2.45, 2.75) is 38.3 Å². The van der Waals surface area contributed by atoms with Crippen LogP contribution in [0.4, 0.5) is 10.1 Å². The highest BCUT2D eigenvalue weighted by molar-refractivity contribution is 5.90. The van der Waals surface area contributed by atoms with Gasteiger partial charge in [0.05, 0.1) is 13.2 Å². The fourth-order valence-corrected chi connectivity index (χ4v) is 3.77. The molecule has 1 atom stereocenters. The van der Waals surface area contributed by atoms with Crippen LogP contribution >= 0.6 is 0 Å². The van der Waals surface area contributed by atoms with Gasteiger partial charge in [-0.1, -0.05) is 0 Å². The molecule has 2 aliphatic heterocycles. The number of hydrogen-bond donors (Lipinski definition) is 1. The lowest BCUT2D eigenvalue weighted by Gasteiger charge is -2.43. The van der Waals surface area contributed by atoms with E-state index in [1.54, 1.807) is 12.1 Å².